The average molecular weight is 354 g/mol. The molecule has 0 fully saturated rings. The number of amides is 2. The lowest BCUT2D eigenvalue weighted by atomic mass is 10.1. The predicted molar refractivity (Wildman–Crippen MR) is 96.1 cm³/mol. The molecular formula is C19H18N2O5. The number of anilines is 2. The number of ether oxygens (including phenoxy) is 1. The molecule has 0 bridgehead atoms. The van der Waals surface area contributed by atoms with Crippen LogP contribution in [0.4, 0.5) is 11.4 Å². The number of carbonyl (C=O) groups excluding carboxylic acids is 4. The Balaban J connectivity index is 2.07. The first-order valence-electron chi connectivity index (χ1n) is 7.92. The zero-order valence-electron chi connectivity index (χ0n) is 14.4. The highest BCUT2D eigenvalue weighted by Gasteiger charge is 2.18. The second-order valence-corrected chi connectivity index (χ2v) is 5.31. The molecule has 0 saturated heterocycles. The fraction of sp³-hybridized carbons (Fsp3) is 0.158. The molecule has 0 aliphatic heterocycles. The van der Waals surface area contributed by atoms with Crippen molar-refractivity contribution in [1.82, 2.24) is 0 Å². The molecule has 2 aromatic carbocycles. The Morgan fingerprint density at radius 2 is 1.50 bits per heavy atom. The molecule has 2 aromatic rings. The van der Waals surface area contributed by atoms with Crippen molar-refractivity contribution in [1.29, 1.82) is 0 Å². The molecule has 0 heterocycles. The van der Waals surface area contributed by atoms with Gasteiger partial charge in [0.15, 0.2) is 5.78 Å². The van der Waals surface area contributed by atoms with Crippen molar-refractivity contribution in [2.24, 2.45) is 0 Å². The van der Waals surface area contributed by atoms with Crippen LogP contribution in [-0.2, 0) is 14.3 Å². The number of hydrogen-bond acceptors (Lipinski definition) is 5. The van der Waals surface area contributed by atoms with Gasteiger partial charge < -0.3 is 15.4 Å². The van der Waals surface area contributed by atoms with Gasteiger partial charge in [0.2, 0.25) is 0 Å². The van der Waals surface area contributed by atoms with Gasteiger partial charge in [0.1, 0.15) is 0 Å². The minimum Gasteiger partial charge on any atom is -0.462 e. The van der Waals surface area contributed by atoms with E-state index in [1.807, 2.05) is 0 Å². The van der Waals surface area contributed by atoms with Gasteiger partial charge in [0, 0.05) is 11.3 Å². The summed E-state index contributed by atoms with van der Waals surface area (Å²) in [5.74, 6) is -2.53. The molecule has 7 nitrogen and oxygen atoms in total. The van der Waals surface area contributed by atoms with E-state index in [2.05, 4.69) is 10.6 Å². The zero-order chi connectivity index (χ0) is 19.1. The molecule has 0 aliphatic rings. The number of hydrogen-bond donors (Lipinski definition) is 2. The summed E-state index contributed by atoms with van der Waals surface area (Å²) in [6, 6.07) is 12.4. The molecule has 26 heavy (non-hydrogen) atoms. The topological polar surface area (TPSA) is 102 Å². The molecular weight excluding hydrogens is 336 g/mol. The van der Waals surface area contributed by atoms with Gasteiger partial charge in [-0.05, 0) is 50.2 Å². The third-order valence-corrected chi connectivity index (χ3v) is 3.43. The van der Waals surface area contributed by atoms with Crippen molar-refractivity contribution in [3.63, 3.8) is 0 Å². The van der Waals surface area contributed by atoms with Gasteiger partial charge in [-0.2, -0.15) is 0 Å². The van der Waals surface area contributed by atoms with Gasteiger partial charge in [0.05, 0.1) is 17.9 Å². The quantitative estimate of drug-likeness (QED) is 0.488. The van der Waals surface area contributed by atoms with Crippen LogP contribution in [-0.4, -0.2) is 30.2 Å². The number of carbonyl (C=O) groups is 4. The second kappa shape index (κ2) is 8.57. The Kier molecular flexibility index (Phi) is 6.21. The zero-order valence-corrected chi connectivity index (χ0v) is 14.4. The van der Waals surface area contributed by atoms with E-state index in [9.17, 15) is 19.2 Å². The van der Waals surface area contributed by atoms with E-state index in [1.54, 1.807) is 31.2 Å². The van der Waals surface area contributed by atoms with Gasteiger partial charge in [-0.25, -0.2) is 4.79 Å². The van der Waals surface area contributed by atoms with Crippen LogP contribution in [0.25, 0.3) is 0 Å². The summed E-state index contributed by atoms with van der Waals surface area (Å²) in [7, 11) is 0. The van der Waals surface area contributed by atoms with E-state index >= 15 is 0 Å². The smallest absolute Gasteiger partial charge is 0.340 e. The maximum atomic E-state index is 12.1. The summed E-state index contributed by atoms with van der Waals surface area (Å²) in [6.07, 6.45) is 0. The highest BCUT2D eigenvalue weighted by Crippen LogP contribution is 2.16. The number of para-hydroxylation sites is 1. The Morgan fingerprint density at radius 3 is 2.12 bits per heavy atom. The standard InChI is InChI=1S/C19H18N2O5/c1-3-26-19(25)15-6-4-5-7-16(15)21-18(24)17(23)20-14-10-8-13(9-11-14)12(2)22/h4-11H,3H2,1-2H3,(H,20,23)(H,21,24). The van der Waals surface area contributed by atoms with E-state index in [-0.39, 0.29) is 23.6 Å². The molecule has 0 radical (unpaired) electrons. The van der Waals surface area contributed by atoms with E-state index in [1.165, 1.54) is 31.2 Å². The van der Waals surface area contributed by atoms with Gasteiger partial charge in [-0.1, -0.05) is 12.1 Å². The summed E-state index contributed by atoms with van der Waals surface area (Å²) in [6.45, 7) is 3.30. The maximum absolute atomic E-state index is 12.1. The van der Waals surface area contributed by atoms with Crippen LogP contribution in [0.3, 0.4) is 0 Å². The van der Waals surface area contributed by atoms with Crippen molar-refractivity contribution in [2.45, 2.75) is 13.8 Å². The molecule has 0 atom stereocenters. The van der Waals surface area contributed by atoms with Crippen molar-refractivity contribution in [3.05, 3.63) is 59.7 Å². The molecule has 7 heteroatoms. The van der Waals surface area contributed by atoms with E-state index in [4.69, 9.17) is 4.74 Å². The summed E-state index contributed by atoms with van der Waals surface area (Å²) in [4.78, 5) is 47.3. The van der Waals surface area contributed by atoms with Crippen LogP contribution in [0.15, 0.2) is 48.5 Å². The molecule has 134 valence electrons. The third kappa shape index (κ3) is 4.76. The summed E-state index contributed by atoms with van der Waals surface area (Å²) >= 11 is 0. The van der Waals surface area contributed by atoms with Crippen molar-refractivity contribution >= 4 is 34.9 Å². The number of ketones is 1. The second-order valence-electron chi connectivity index (χ2n) is 5.31. The molecule has 0 aliphatic carbocycles. The maximum Gasteiger partial charge on any atom is 0.340 e. The fourth-order valence-electron chi connectivity index (χ4n) is 2.13. The minimum absolute atomic E-state index is 0.101. The van der Waals surface area contributed by atoms with E-state index in [0.29, 0.717) is 11.3 Å². The van der Waals surface area contributed by atoms with Crippen LogP contribution in [0.1, 0.15) is 34.6 Å². The molecule has 2 amide bonds. The number of rotatable bonds is 5. The highest BCUT2D eigenvalue weighted by atomic mass is 16.5. The van der Waals surface area contributed by atoms with Gasteiger partial charge in [-0.15, -0.1) is 0 Å². The van der Waals surface area contributed by atoms with E-state index < -0.39 is 17.8 Å². The minimum atomic E-state index is -0.933. The fourth-order valence-corrected chi connectivity index (χ4v) is 2.13. The monoisotopic (exact) mass is 354 g/mol. The summed E-state index contributed by atoms with van der Waals surface area (Å²) in [5, 5.41) is 4.82. The first-order valence-corrected chi connectivity index (χ1v) is 7.92. The number of benzene rings is 2. The number of Topliss-reactive ketones (excluding diaryl/α,β-unsaturated/α-hetero) is 1. The molecule has 0 saturated carbocycles. The van der Waals surface area contributed by atoms with Gasteiger partial charge in [0.25, 0.3) is 0 Å². The van der Waals surface area contributed by atoms with E-state index in [0.717, 1.165) is 0 Å². The Bertz CT molecular complexity index is 843. The first-order chi connectivity index (χ1) is 12.4. The van der Waals surface area contributed by atoms with Gasteiger partial charge in [-0.3, -0.25) is 14.4 Å². The SMILES string of the molecule is CCOC(=O)c1ccccc1NC(=O)C(=O)Nc1ccc(C(C)=O)cc1. The normalized spacial score (nSPS) is 9.92. The van der Waals surface area contributed by atoms with Crippen molar-refractivity contribution in [3.8, 4) is 0 Å². The lowest BCUT2D eigenvalue weighted by Crippen LogP contribution is -2.29. The number of esters is 1. The Hall–Kier alpha value is -3.48. The van der Waals surface area contributed by atoms with Crippen LogP contribution < -0.4 is 10.6 Å². The highest BCUT2D eigenvalue weighted by molar-refractivity contribution is 6.44. The molecule has 0 spiro atoms. The van der Waals surface area contributed by atoms with Crippen molar-refractivity contribution < 1.29 is 23.9 Å². The van der Waals surface area contributed by atoms with Crippen molar-refractivity contribution in [2.75, 3.05) is 17.2 Å². The largest absolute Gasteiger partial charge is 0.462 e. The van der Waals surface area contributed by atoms with Gasteiger partial charge >= 0.3 is 17.8 Å². The Morgan fingerprint density at radius 1 is 0.885 bits per heavy atom. The average Bonchev–Trinajstić information content (AvgIpc) is 2.62. The summed E-state index contributed by atoms with van der Waals surface area (Å²) < 4.78 is 4.92. The Labute approximate surface area is 150 Å². The van der Waals surface area contributed by atoms with Crippen LogP contribution in [0.5, 0.6) is 0 Å². The molecule has 2 N–H and O–H groups in total. The van der Waals surface area contributed by atoms with Crippen LogP contribution in [0.2, 0.25) is 0 Å². The molecule has 0 aromatic heterocycles. The number of nitrogens with one attached hydrogen (secondary N) is 2. The molecule has 0 unspecified atom stereocenters. The predicted octanol–water partition coefficient (Wildman–Crippen LogP) is 2.64. The lowest BCUT2D eigenvalue weighted by molar-refractivity contribution is -0.133. The summed E-state index contributed by atoms with van der Waals surface area (Å²) in [5.41, 5.74) is 1.20. The first kappa shape index (κ1) is 18.9. The van der Waals surface area contributed by atoms with Crippen LogP contribution in [0, 0.1) is 0 Å². The third-order valence-electron chi connectivity index (χ3n) is 3.43. The van der Waals surface area contributed by atoms with Crippen LogP contribution >= 0.6 is 0 Å². The lowest BCUT2D eigenvalue weighted by Gasteiger charge is -2.10. The molecule has 2 rings (SSSR count).